The van der Waals surface area contributed by atoms with Gasteiger partial charge in [-0.2, -0.15) is 5.26 Å². The van der Waals surface area contributed by atoms with Gasteiger partial charge in [0, 0.05) is 23.1 Å². The molecule has 27 heavy (non-hydrogen) atoms. The van der Waals surface area contributed by atoms with E-state index >= 15 is 0 Å². The van der Waals surface area contributed by atoms with Gasteiger partial charge in [-0.3, -0.25) is 9.36 Å². The number of aromatic nitrogens is 2. The Labute approximate surface area is 157 Å². The third-order valence-corrected chi connectivity index (χ3v) is 4.26. The summed E-state index contributed by atoms with van der Waals surface area (Å²) in [5.41, 5.74) is 4.31. The Bertz CT molecular complexity index is 1080. The SMILES string of the molecule is Cc1cccc(NC(=O)/C(C#N)=C/c2cc(C)n(-c3cc(C)on3)c2C)c1. The fraction of sp³-hybridized carbons (Fsp3) is 0.190. The smallest absolute Gasteiger partial charge is 0.266 e. The van der Waals surface area contributed by atoms with E-state index in [9.17, 15) is 10.1 Å². The molecule has 0 saturated heterocycles. The van der Waals surface area contributed by atoms with E-state index in [1.807, 2.05) is 68.7 Å². The molecule has 0 saturated carbocycles. The van der Waals surface area contributed by atoms with E-state index in [1.165, 1.54) is 0 Å². The highest BCUT2D eigenvalue weighted by Gasteiger charge is 2.15. The van der Waals surface area contributed by atoms with Gasteiger partial charge in [-0.1, -0.05) is 17.3 Å². The number of anilines is 1. The molecule has 0 spiro atoms. The molecule has 2 heterocycles. The zero-order valence-electron chi connectivity index (χ0n) is 15.7. The second kappa shape index (κ2) is 7.34. The molecule has 0 fully saturated rings. The molecule has 0 radical (unpaired) electrons. The molecular weight excluding hydrogens is 340 g/mol. The van der Waals surface area contributed by atoms with Crippen LogP contribution >= 0.6 is 0 Å². The quantitative estimate of drug-likeness (QED) is 0.557. The highest BCUT2D eigenvalue weighted by molar-refractivity contribution is 6.09. The van der Waals surface area contributed by atoms with Crippen LogP contribution in [-0.2, 0) is 4.79 Å². The van der Waals surface area contributed by atoms with Crippen molar-refractivity contribution in [1.29, 1.82) is 5.26 Å². The van der Waals surface area contributed by atoms with Crippen LogP contribution in [0, 0.1) is 39.0 Å². The highest BCUT2D eigenvalue weighted by Crippen LogP contribution is 2.23. The lowest BCUT2D eigenvalue weighted by Crippen LogP contribution is -2.13. The predicted molar refractivity (Wildman–Crippen MR) is 103 cm³/mol. The van der Waals surface area contributed by atoms with Crippen molar-refractivity contribution < 1.29 is 9.32 Å². The summed E-state index contributed by atoms with van der Waals surface area (Å²) in [6, 6.07) is 13.2. The largest absolute Gasteiger partial charge is 0.360 e. The number of nitrogens with one attached hydrogen (secondary N) is 1. The van der Waals surface area contributed by atoms with Crippen LogP contribution in [0.15, 0.2) is 46.5 Å². The number of benzene rings is 1. The number of amides is 1. The molecule has 0 unspecified atom stereocenters. The molecular formula is C21H20N4O2. The Morgan fingerprint density at radius 2 is 2.00 bits per heavy atom. The van der Waals surface area contributed by atoms with Gasteiger partial charge in [-0.05, 0) is 63.1 Å². The number of hydrogen-bond donors (Lipinski definition) is 1. The van der Waals surface area contributed by atoms with Crippen LogP contribution in [0.4, 0.5) is 5.69 Å². The number of carbonyl (C=O) groups excluding carboxylic acids is 1. The maximum atomic E-state index is 12.5. The fourth-order valence-electron chi connectivity index (χ4n) is 2.97. The lowest BCUT2D eigenvalue weighted by atomic mass is 10.1. The molecule has 1 amide bonds. The number of hydrogen-bond acceptors (Lipinski definition) is 4. The van der Waals surface area contributed by atoms with Crippen molar-refractivity contribution in [2.45, 2.75) is 27.7 Å². The first-order chi connectivity index (χ1) is 12.9. The standard InChI is InChI=1S/C21H20N4O2/c1-13-6-5-7-19(8-13)23-21(26)18(12-22)11-17-9-14(2)25(16(17)4)20-10-15(3)27-24-20/h5-11H,1-4H3,(H,23,26)/b18-11+. The summed E-state index contributed by atoms with van der Waals surface area (Å²) in [7, 11) is 0. The molecule has 0 atom stereocenters. The second-order valence-corrected chi connectivity index (χ2v) is 6.45. The van der Waals surface area contributed by atoms with Crippen LogP contribution in [0.2, 0.25) is 0 Å². The lowest BCUT2D eigenvalue weighted by Gasteiger charge is -2.06. The first-order valence-corrected chi connectivity index (χ1v) is 8.51. The number of rotatable bonds is 4. The van der Waals surface area contributed by atoms with Crippen molar-refractivity contribution in [1.82, 2.24) is 9.72 Å². The normalized spacial score (nSPS) is 11.3. The van der Waals surface area contributed by atoms with Gasteiger partial charge in [0.1, 0.15) is 17.4 Å². The zero-order chi connectivity index (χ0) is 19.6. The Morgan fingerprint density at radius 1 is 1.22 bits per heavy atom. The summed E-state index contributed by atoms with van der Waals surface area (Å²) >= 11 is 0. The first-order valence-electron chi connectivity index (χ1n) is 8.51. The van der Waals surface area contributed by atoms with E-state index in [0.717, 1.165) is 22.5 Å². The van der Waals surface area contributed by atoms with Crippen LogP contribution in [-0.4, -0.2) is 15.6 Å². The number of aryl methyl sites for hydroxylation is 3. The lowest BCUT2D eigenvalue weighted by molar-refractivity contribution is -0.112. The van der Waals surface area contributed by atoms with E-state index in [4.69, 9.17) is 4.52 Å². The van der Waals surface area contributed by atoms with Crippen molar-refractivity contribution >= 4 is 17.7 Å². The molecule has 6 heteroatoms. The van der Waals surface area contributed by atoms with E-state index in [2.05, 4.69) is 10.5 Å². The van der Waals surface area contributed by atoms with Crippen LogP contribution in [0.5, 0.6) is 0 Å². The molecule has 0 aliphatic rings. The zero-order valence-corrected chi connectivity index (χ0v) is 15.7. The Balaban J connectivity index is 1.92. The minimum atomic E-state index is -0.440. The van der Waals surface area contributed by atoms with Crippen LogP contribution in [0.25, 0.3) is 11.9 Å². The molecule has 3 rings (SSSR count). The van der Waals surface area contributed by atoms with Crippen molar-refractivity contribution in [3.05, 3.63) is 70.2 Å². The second-order valence-electron chi connectivity index (χ2n) is 6.45. The molecule has 2 aromatic heterocycles. The van der Waals surface area contributed by atoms with E-state index < -0.39 is 5.91 Å². The Morgan fingerprint density at radius 3 is 2.63 bits per heavy atom. The van der Waals surface area contributed by atoms with Crippen LogP contribution in [0.3, 0.4) is 0 Å². The number of nitriles is 1. The molecule has 0 aliphatic carbocycles. The molecule has 0 bridgehead atoms. The van der Waals surface area contributed by atoms with E-state index in [-0.39, 0.29) is 5.57 Å². The molecule has 136 valence electrons. The molecule has 0 aliphatic heterocycles. The van der Waals surface area contributed by atoms with Gasteiger partial charge < -0.3 is 9.84 Å². The van der Waals surface area contributed by atoms with Crippen LogP contribution < -0.4 is 5.32 Å². The first kappa shape index (κ1) is 18.2. The highest BCUT2D eigenvalue weighted by atomic mass is 16.5. The maximum absolute atomic E-state index is 12.5. The topological polar surface area (TPSA) is 83.9 Å². The van der Waals surface area contributed by atoms with Crippen molar-refractivity contribution in [3.63, 3.8) is 0 Å². The van der Waals surface area contributed by atoms with Gasteiger partial charge in [0.2, 0.25) is 0 Å². The van der Waals surface area contributed by atoms with Gasteiger partial charge in [0.25, 0.3) is 5.91 Å². The minimum Gasteiger partial charge on any atom is -0.360 e. The number of carbonyl (C=O) groups is 1. The summed E-state index contributed by atoms with van der Waals surface area (Å²) < 4.78 is 7.08. The predicted octanol–water partition coefficient (Wildman–Crippen LogP) is 4.24. The Kier molecular flexibility index (Phi) is 4.95. The fourth-order valence-corrected chi connectivity index (χ4v) is 2.97. The molecule has 1 N–H and O–H groups in total. The summed E-state index contributed by atoms with van der Waals surface area (Å²) in [6.07, 6.45) is 1.59. The summed E-state index contributed by atoms with van der Waals surface area (Å²) in [5, 5.41) is 16.3. The summed E-state index contributed by atoms with van der Waals surface area (Å²) in [4.78, 5) is 12.5. The molecule has 3 aromatic rings. The maximum Gasteiger partial charge on any atom is 0.266 e. The van der Waals surface area contributed by atoms with Crippen LogP contribution in [0.1, 0.15) is 28.3 Å². The molecule has 6 nitrogen and oxygen atoms in total. The van der Waals surface area contributed by atoms with Gasteiger partial charge >= 0.3 is 0 Å². The van der Waals surface area contributed by atoms with E-state index in [0.29, 0.717) is 17.3 Å². The van der Waals surface area contributed by atoms with Crippen molar-refractivity contribution in [2.24, 2.45) is 0 Å². The minimum absolute atomic E-state index is 0.0353. The third-order valence-electron chi connectivity index (χ3n) is 4.26. The molecule has 1 aromatic carbocycles. The average Bonchev–Trinajstić information content (AvgIpc) is 3.15. The van der Waals surface area contributed by atoms with Crippen molar-refractivity contribution in [2.75, 3.05) is 5.32 Å². The third kappa shape index (κ3) is 3.82. The van der Waals surface area contributed by atoms with Gasteiger partial charge in [-0.25, -0.2) is 0 Å². The van der Waals surface area contributed by atoms with Gasteiger partial charge in [0.15, 0.2) is 5.82 Å². The van der Waals surface area contributed by atoms with Gasteiger partial charge in [-0.15, -0.1) is 0 Å². The average molecular weight is 360 g/mol. The summed E-state index contributed by atoms with van der Waals surface area (Å²) in [6.45, 7) is 7.62. The van der Waals surface area contributed by atoms with E-state index in [1.54, 1.807) is 12.1 Å². The van der Waals surface area contributed by atoms with Gasteiger partial charge in [0.05, 0.1) is 0 Å². The monoisotopic (exact) mass is 360 g/mol. The number of nitrogens with zero attached hydrogens (tertiary/aromatic N) is 3. The van der Waals surface area contributed by atoms with Crippen molar-refractivity contribution in [3.8, 4) is 11.9 Å². The summed E-state index contributed by atoms with van der Waals surface area (Å²) in [5.74, 6) is 0.944. The Hall–Kier alpha value is -3.59.